The largest absolute Gasteiger partial charge is 0.379 e. The number of nitrogens with zero attached hydrogens (tertiary/aromatic N) is 4. The van der Waals surface area contributed by atoms with Crippen LogP contribution in [0, 0.1) is 0 Å². The van der Waals surface area contributed by atoms with Gasteiger partial charge in [-0.05, 0) is 26.4 Å². The van der Waals surface area contributed by atoms with E-state index in [4.69, 9.17) is 4.74 Å². The van der Waals surface area contributed by atoms with Crippen molar-refractivity contribution in [1.82, 2.24) is 25.0 Å². The molecule has 1 aliphatic rings. The molecule has 1 aliphatic heterocycles. The maximum Gasteiger partial charge on any atom is 0.137 e. The van der Waals surface area contributed by atoms with Gasteiger partial charge in [-0.1, -0.05) is 0 Å². The zero-order chi connectivity index (χ0) is 12.6. The number of hydrogen-bond donors (Lipinski definition) is 1. The molecule has 0 saturated carbocycles. The maximum atomic E-state index is 5.33. The molecule has 2 heterocycles. The Kier molecular flexibility index (Phi) is 5.57. The number of morpholine rings is 1. The van der Waals surface area contributed by atoms with Crippen LogP contribution in [0.2, 0.25) is 0 Å². The minimum absolute atomic E-state index is 0.357. The lowest BCUT2D eigenvalue weighted by Gasteiger charge is -2.26. The van der Waals surface area contributed by atoms with E-state index in [-0.39, 0.29) is 0 Å². The van der Waals surface area contributed by atoms with E-state index in [1.807, 2.05) is 4.68 Å². The monoisotopic (exact) mass is 253 g/mol. The molecular formula is C12H23N5O. The lowest BCUT2D eigenvalue weighted by atomic mass is 10.3. The minimum atomic E-state index is 0.357. The number of ether oxygens (including phenoxy) is 1. The van der Waals surface area contributed by atoms with Crippen molar-refractivity contribution in [3.8, 4) is 0 Å². The van der Waals surface area contributed by atoms with Gasteiger partial charge in [-0.15, -0.1) is 0 Å². The second kappa shape index (κ2) is 7.45. The van der Waals surface area contributed by atoms with Crippen LogP contribution >= 0.6 is 0 Å². The van der Waals surface area contributed by atoms with Crippen molar-refractivity contribution in [2.45, 2.75) is 19.4 Å². The molecule has 18 heavy (non-hydrogen) atoms. The van der Waals surface area contributed by atoms with Gasteiger partial charge in [-0.2, -0.15) is 5.10 Å². The molecule has 1 N–H and O–H groups in total. The highest BCUT2D eigenvalue weighted by atomic mass is 16.5. The van der Waals surface area contributed by atoms with E-state index in [9.17, 15) is 0 Å². The fourth-order valence-corrected chi connectivity index (χ4v) is 2.10. The molecule has 0 spiro atoms. The lowest BCUT2D eigenvalue weighted by Crippen LogP contribution is -2.38. The van der Waals surface area contributed by atoms with Gasteiger partial charge in [0.1, 0.15) is 12.7 Å². The van der Waals surface area contributed by atoms with Crippen molar-refractivity contribution >= 4 is 0 Å². The summed E-state index contributed by atoms with van der Waals surface area (Å²) in [5.41, 5.74) is 0. The van der Waals surface area contributed by atoms with Crippen molar-refractivity contribution in [2.24, 2.45) is 0 Å². The van der Waals surface area contributed by atoms with Crippen LogP contribution in [0.1, 0.15) is 19.4 Å². The molecule has 0 amide bonds. The van der Waals surface area contributed by atoms with Crippen molar-refractivity contribution < 1.29 is 4.74 Å². The summed E-state index contributed by atoms with van der Waals surface area (Å²) in [6.45, 7) is 9.22. The van der Waals surface area contributed by atoms with Gasteiger partial charge in [-0.3, -0.25) is 4.90 Å². The van der Waals surface area contributed by atoms with Crippen molar-refractivity contribution in [1.29, 1.82) is 0 Å². The Bertz CT molecular complexity index is 310. The van der Waals surface area contributed by atoms with Crippen LogP contribution in [0.5, 0.6) is 0 Å². The van der Waals surface area contributed by atoms with Gasteiger partial charge >= 0.3 is 0 Å². The van der Waals surface area contributed by atoms with Crippen LogP contribution in [0.15, 0.2) is 12.7 Å². The Morgan fingerprint density at radius 1 is 1.39 bits per heavy atom. The topological polar surface area (TPSA) is 55.2 Å². The molecule has 102 valence electrons. The lowest BCUT2D eigenvalue weighted by molar-refractivity contribution is 0.0374. The van der Waals surface area contributed by atoms with Gasteiger partial charge in [0.05, 0.1) is 19.3 Å². The van der Waals surface area contributed by atoms with Gasteiger partial charge in [-0.25, -0.2) is 9.67 Å². The van der Waals surface area contributed by atoms with Gasteiger partial charge < -0.3 is 10.1 Å². The Morgan fingerprint density at radius 2 is 2.22 bits per heavy atom. The normalized spacial score (nSPS) is 18.9. The summed E-state index contributed by atoms with van der Waals surface area (Å²) in [5.74, 6) is 0. The number of nitrogens with one attached hydrogen (secondary N) is 1. The first-order chi connectivity index (χ1) is 8.86. The summed E-state index contributed by atoms with van der Waals surface area (Å²) in [5, 5.41) is 7.60. The molecular weight excluding hydrogens is 230 g/mol. The molecule has 6 heteroatoms. The summed E-state index contributed by atoms with van der Waals surface area (Å²) < 4.78 is 7.21. The first-order valence-electron chi connectivity index (χ1n) is 6.71. The summed E-state index contributed by atoms with van der Waals surface area (Å²) in [4.78, 5) is 6.42. The Labute approximate surface area is 108 Å². The van der Waals surface area contributed by atoms with Crippen LogP contribution in [0.4, 0.5) is 0 Å². The predicted octanol–water partition coefficient (Wildman–Crippen LogP) is 0.151. The molecule has 1 aromatic heterocycles. The molecule has 1 atom stereocenters. The zero-order valence-corrected chi connectivity index (χ0v) is 11.1. The molecule has 0 bridgehead atoms. The first kappa shape index (κ1) is 13.5. The third-order valence-corrected chi connectivity index (χ3v) is 3.26. The Hall–Kier alpha value is -0.980. The summed E-state index contributed by atoms with van der Waals surface area (Å²) in [6, 6.07) is 0.357. The highest BCUT2D eigenvalue weighted by molar-refractivity contribution is 4.67. The van der Waals surface area contributed by atoms with Gasteiger partial charge in [0.15, 0.2) is 0 Å². The van der Waals surface area contributed by atoms with E-state index in [2.05, 4.69) is 27.2 Å². The van der Waals surface area contributed by atoms with E-state index in [1.54, 1.807) is 12.7 Å². The number of rotatable bonds is 7. The molecule has 6 nitrogen and oxygen atoms in total. The average Bonchev–Trinajstić information content (AvgIpc) is 2.93. The minimum Gasteiger partial charge on any atom is -0.379 e. The Morgan fingerprint density at radius 3 is 2.94 bits per heavy atom. The van der Waals surface area contributed by atoms with Gasteiger partial charge in [0, 0.05) is 19.6 Å². The fraction of sp³-hybridized carbons (Fsp3) is 0.833. The average molecular weight is 253 g/mol. The van der Waals surface area contributed by atoms with E-state index in [0.29, 0.717) is 6.04 Å². The Balaban J connectivity index is 1.50. The van der Waals surface area contributed by atoms with Crippen LogP contribution in [0.25, 0.3) is 0 Å². The van der Waals surface area contributed by atoms with Gasteiger partial charge in [0.2, 0.25) is 0 Å². The molecule has 1 fully saturated rings. The summed E-state index contributed by atoms with van der Waals surface area (Å²) in [6.07, 6.45) is 4.53. The molecule has 0 aliphatic carbocycles. The van der Waals surface area contributed by atoms with E-state index in [1.165, 1.54) is 6.42 Å². The highest BCUT2D eigenvalue weighted by Crippen LogP contribution is 2.00. The maximum absolute atomic E-state index is 5.33. The fourth-order valence-electron chi connectivity index (χ4n) is 2.10. The van der Waals surface area contributed by atoms with Crippen LogP contribution in [-0.4, -0.2) is 65.6 Å². The number of hydrogen-bond acceptors (Lipinski definition) is 5. The number of aromatic nitrogens is 3. The SMILES string of the molecule is CC(CNCCCN1CCOCC1)n1cncn1. The van der Waals surface area contributed by atoms with E-state index >= 15 is 0 Å². The van der Waals surface area contributed by atoms with Crippen LogP contribution in [-0.2, 0) is 4.74 Å². The molecule has 1 unspecified atom stereocenters. The molecule has 1 saturated heterocycles. The van der Waals surface area contributed by atoms with Crippen LogP contribution < -0.4 is 5.32 Å². The van der Waals surface area contributed by atoms with E-state index in [0.717, 1.165) is 45.9 Å². The summed E-state index contributed by atoms with van der Waals surface area (Å²) >= 11 is 0. The highest BCUT2D eigenvalue weighted by Gasteiger charge is 2.09. The summed E-state index contributed by atoms with van der Waals surface area (Å²) in [7, 11) is 0. The van der Waals surface area contributed by atoms with Crippen molar-refractivity contribution in [3.63, 3.8) is 0 Å². The predicted molar refractivity (Wildman–Crippen MR) is 69.5 cm³/mol. The smallest absolute Gasteiger partial charge is 0.137 e. The van der Waals surface area contributed by atoms with Gasteiger partial charge in [0.25, 0.3) is 0 Å². The molecule has 1 aromatic rings. The van der Waals surface area contributed by atoms with E-state index < -0.39 is 0 Å². The molecule has 2 rings (SSSR count). The third-order valence-electron chi connectivity index (χ3n) is 3.26. The second-order valence-electron chi connectivity index (χ2n) is 4.74. The quantitative estimate of drug-likeness (QED) is 0.701. The van der Waals surface area contributed by atoms with Crippen molar-refractivity contribution in [2.75, 3.05) is 45.9 Å². The van der Waals surface area contributed by atoms with Crippen molar-refractivity contribution in [3.05, 3.63) is 12.7 Å². The molecule has 0 radical (unpaired) electrons. The zero-order valence-electron chi connectivity index (χ0n) is 11.1. The molecule has 0 aromatic carbocycles. The third kappa shape index (κ3) is 4.36. The second-order valence-corrected chi connectivity index (χ2v) is 4.74. The standard InChI is InChI=1S/C12H23N5O/c1-12(17-11-14-10-15-17)9-13-3-2-4-16-5-7-18-8-6-16/h10-13H,2-9H2,1H3. The first-order valence-corrected chi connectivity index (χ1v) is 6.71. The van der Waals surface area contributed by atoms with Crippen LogP contribution in [0.3, 0.4) is 0 Å².